The second-order valence-electron chi connectivity index (χ2n) is 5.98. The summed E-state index contributed by atoms with van der Waals surface area (Å²) in [6, 6.07) is 3.89. The third-order valence-corrected chi connectivity index (χ3v) is 5.34. The molecule has 0 aromatic heterocycles. The van der Waals surface area contributed by atoms with E-state index in [1.807, 2.05) is 4.90 Å². The molecule has 114 valence electrons. The summed E-state index contributed by atoms with van der Waals surface area (Å²) in [6.45, 7) is 1.57. The van der Waals surface area contributed by atoms with E-state index < -0.39 is 14.9 Å². The zero-order valence-electron chi connectivity index (χ0n) is 11.5. The van der Waals surface area contributed by atoms with E-state index >= 15 is 0 Å². The van der Waals surface area contributed by atoms with Gasteiger partial charge in [0.25, 0.3) is 5.69 Å². The molecule has 2 fully saturated rings. The van der Waals surface area contributed by atoms with Crippen molar-refractivity contribution >= 4 is 21.4 Å². The summed E-state index contributed by atoms with van der Waals surface area (Å²) in [5.41, 5.74) is 0.614. The van der Waals surface area contributed by atoms with Crippen LogP contribution in [0.25, 0.3) is 0 Å². The first kappa shape index (κ1) is 14.3. The van der Waals surface area contributed by atoms with Gasteiger partial charge in [-0.15, -0.1) is 0 Å². The number of nitrogens with zero attached hydrogens (tertiary/aromatic N) is 2. The molecule has 1 aliphatic carbocycles. The number of nitrogens with two attached hydrogens (primary N) is 1. The van der Waals surface area contributed by atoms with Gasteiger partial charge in [0.2, 0.25) is 10.0 Å². The third kappa shape index (κ3) is 2.73. The van der Waals surface area contributed by atoms with Crippen molar-refractivity contribution in [2.75, 3.05) is 18.0 Å². The van der Waals surface area contributed by atoms with Crippen LogP contribution >= 0.6 is 0 Å². The minimum Gasteiger partial charge on any atom is -0.365 e. The van der Waals surface area contributed by atoms with Crippen LogP contribution in [0.3, 0.4) is 0 Å². The van der Waals surface area contributed by atoms with Crippen molar-refractivity contribution in [3.63, 3.8) is 0 Å². The second kappa shape index (κ2) is 4.67. The van der Waals surface area contributed by atoms with Gasteiger partial charge >= 0.3 is 0 Å². The normalized spacial score (nSPS) is 20.5. The van der Waals surface area contributed by atoms with Gasteiger partial charge in [-0.3, -0.25) is 10.1 Å². The lowest BCUT2D eigenvalue weighted by Crippen LogP contribution is -2.36. The Labute approximate surface area is 122 Å². The van der Waals surface area contributed by atoms with E-state index in [-0.39, 0.29) is 10.6 Å². The van der Waals surface area contributed by atoms with E-state index in [9.17, 15) is 18.5 Å². The Kier molecular flexibility index (Phi) is 3.18. The number of nitro benzene ring substituents is 1. The number of hydrogen-bond donors (Lipinski definition) is 1. The molecule has 1 aromatic rings. The van der Waals surface area contributed by atoms with Gasteiger partial charge in [-0.25, -0.2) is 13.6 Å². The summed E-state index contributed by atoms with van der Waals surface area (Å²) in [6.07, 6.45) is 4.53. The summed E-state index contributed by atoms with van der Waals surface area (Å²) in [5.74, 6) is 0. The standard InChI is InChI=1S/C13H17N3O4S/c14-21(19,20)10-2-3-11(12(8-10)16(17)18)15-7-1-4-13(9-15)5-6-13/h2-3,8H,1,4-7,9H2,(H2,14,19,20). The molecule has 0 radical (unpaired) electrons. The summed E-state index contributed by atoms with van der Waals surface area (Å²) in [7, 11) is -3.94. The highest BCUT2D eigenvalue weighted by atomic mass is 32.2. The molecule has 1 saturated carbocycles. The molecule has 1 heterocycles. The van der Waals surface area contributed by atoms with Gasteiger partial charge in [-0.1, -0.05) is 0 Å². The maximum absolute atomic E-state index is 11.3. The largest absolute Gasteiger partial charge is 0.365 e. The molecule has 1 spiro atoms. The highest BCUT2D eigenvalue weighted by molar-refractivity contribution is 7.89. The third-order valence-electron chi connectivity index (χ3n) is 4.43. The molecule has 0 unspecified atom stereocenters. The van der Waals surface area contributed by atoms with Crippen molar-refractivity contribution in [3.05, 3.63) is 28.3 Å². The molecule has 21 heavy (non-hydrogen) atoms. The first-order valence-electron chi connectivity index (χ1n) is 6.87. The fourth-order valence-corrected chi connectivity index (χ4v) is 3.63. The highest BCUT2D eigenvalue weighted by Gasteiger charge is 2.46. The van der Waals surface area contributed by atoms with Gasteiger partial charge in [0.05, 0.1) is 9.82 Å². The van der Waals surface area contributed by atoms with E-state index in [1.54, 1.807) is 0 Å². The van der Waals surface area contributed by atoms with Gasteiger partial charge in [-0.05, 0) is 43.2 Å². The number of hydrogen-bond acceptors (Lipinski definition) is 5. The molecule has 2 N–H and O–H groups in total. The predicted octanol–water partition coefficient (Wildman–Crippen LogP) is 1.62. The minimum atomic E-state index is -3.94. The van der Waals surface area contributed by atoms with Crippen LogP contribution in [0, 0.1) is 15.5 Å². The molecule has 1 aliphatic heterocycles. The number of anilines is 1. The molecule has 1 aromatic carbocycles. The Morgan fingerprint density at radius 1 is 1.29 bits per heavy atom. The van der Waals surface area contributed by atoms with Crippen LogP contribution in [-0.2, 0) is 10.0 Å². The molecule has 0 bridgehead atoms. The Hall–Kier alpha value is -1.67. The van der Waals surface area contributed by atoms with Crippen LogP contribution < -0.4 is 10.0 Å². The fourth-order valence-electron chi connectivity index (χ4n) is 3.09. The van der Waals surface area contributed by atoms with E-state index in [4.69, 9.17) is 5.14 Å². The van der Waals surface area contributed by atoms with Crippen LogP contribution in [0.2, 0.25) is 0 Å². The van der Waals surface area contributed by atoms with Crippen molar-refractivity contribution in [2.24, 2.45) is 10.6 Å². The average molecular weight is 311 g/mol. The van der Waals surface area contributed by atoms with Crippen molar-refractivity contribution < 1.29 is 13.3 Å². The van der Waals surface area contributed by atoms with Crippen molar-refractivity contribution in [1.29, 1.82) is 0 Å². The first-order chi connectivity index (χ1) is 9.81. The van der Waals surface area contributed by atoms with Crippen LogP contribution in [0.15, 0.2) is 23.1 Å². The van der Waals surface area contributed by atoms with Crippen molar-refractivity contribution in [2.45, 2.75) is 30.6 Å². The summed E-state index contributed by atoms with van der Waals surface area (Å²) in [4.78, 5) is 12.5. The Morgan fingerprint density at radius 3 is 2.57 bits per heavy atom. The summed E-state index contributed by atoms with van der Waals surface area (Å²) < 4.78 is 22.7. The van der Waals surface area contributed by atoms with Gasteiger partial charge in [0.15, 0.2) is 0 Å². The van der Waals surface area contributed by atoms with Gasteiger partial charge in [0.1, 0.15) is 5.69 Å². The lowest BCUT2D eigenvalue weighted by atomic mass is 9.94. The zero-order chi connectivity index (χ0) is 15.3. The minimum absolute atomic E-state index is 0.195. The maximum Gasteiger partial charge on any atom is 0.293 e. The number of primary sulfonamides is 1. The lowest BCUT2D eigenvalue weighted by molar-refractivity contribution is -0.384. The van der Waals surface area contributed by atoms with E-state index in [2.05, 4.69) is 0 Å². The lowest BCUT2D eigenvalue weighted by Gasteiger charge is -2.34. The maximum atomic E-state index is 11.3. The number of sulfonamides is 1. The number of nitro groups is 1. The van der Waals surface area contributed by atoms with E-state index in [0.717, 1.165) is 25.6 Å². The summed E-state index contributed by atoms with van der Waals surface area (Å²) >= 11 is 0. The van der Waals surface area contributed by atoms with Crippen molar-refractivity contribution in [1.82, 2.24) is 0 Å². The molecular weight excluding hydrogens is 294 g/mol. The van der Waals surface area contributed by atoms with Gasteiger partial charge < -0.3 is 4.90 Å². The van der Waals surface area contributed by atoms with E-state index in [1.165, 1.54) is 31.4 Å². The van der Waals surface area contributed by atoms with Crippen LogP contribution in [-0.4, -0.2) is 26.4 Å². The Bertz CT molecular complexity index is 697. The molecule has 2 aliphatic rings. The highest BCUT2D eigenvalue weighted by Crippen LogP contribution is 2.53. The monoisotopic (exact) mass is 311 g/mol. The Balaban J connectivity index is 1.99. The molecule has 0 atom stereocenters. The molecule has 1 saturated heterocycles. The Morgan fingerprint density at radius 2 is 2.00 bits per heavy atom. The second-order valence-corrected chi connectivity index (χ2v) is 7.54. The number of rotatable bonds is 3. The van der Waals surface area contributed by atoms with Crippen LogP contribution in [0.5, 0.6) is 0 Å². The van der Waals surface area contributed by atoms with E-state index in [0.29, 0.717) is 11.1 Å². The van der Waals surface area contributed by atoms with Gasteiger partial charge in [0, 0.05) is 19.2 Å². The molecular formula is C13H17N3O4S. The number of piperidine rings is 1. The van der Waals surface area contributed by atoms with Crippen molar-refractivity contribution in [3.8, 4) is 0 Å². The SMILES string of the molecule is NS(=O)(=O)c1ccc(N2CCCC3(CC3)C2)c([N+](=O)[O-])c1. The first-order valence-corrected chi connectivity index (χ1v) is 8.42. The summed E-state index contributed by atoms with van der Waals surface area (Å²) in [5, 5.41) is 16.3. The quantitative estimate of drug-likeness (QED) is 0.674. The molecule has 3 rings (SSSR count). The molecule has 7 nitrogen and oxygen atoms in total. The number of benzene rings is 1. The smallest absolute Gasteiger partial charge is 0.293 e. The average Bonchev–Trinajstić information content (AvgIpc) is 3.16. The molecule has 0 amide bonds. The fraction of sp³-hybridized carbons (Fsp3) is 0.538. The van der Waals surface area contributed by atoms with Crippen LogP contribution in [0.1, 0.15) is 25.7 Å². The van der Waals surface area contributed by atoms with Crippen LogP contribution in [0.4, 0.5) is 11.4 Å². The van der Waals surface area contributed by atoms with Gasteiger partial charge in [-0.2, -0.15) is 0 Å². The topological polar surface area (TPSA) is 107 Å². The molecule has 8 heteroatoms. The zero-order valence-corrected chi connectivity index (χ0v) is 12.3. The predicted molar refractivity (Wildman–Crippen MR) is 77.6 cm³/mol.